The molecule has 0 aliphatic carbocycles. The molecule has 0 radical (unpaired) electrons. The zero-order valence-electron chi connectivity index (χ0n) is 16.6. The average molecular weight is 337 g/mol. The molecule has 4 heteroatoms. The standard InChI is InChI=1S/C20H40N4/c1-17(2)22-9-6-20(7-10-22)23-13-11-21(12-14-23)15-19-5-8-24(16-19)18(3)4/h17-20H,5-16H2,1-4H3/t19-/m1/s1. The molecule has 4 nitrogen and oxygen atoms in total. The summed E-state index contributed by atoms with van der Waals surface area (Å²) in [5.74, 6) is 0.910. The Morgan fingerprint density at radius 2 is 1.29 bits per heavy atom. The lowest BCUT2D eigenvalue weighted by Gasteiger charge is -2.44. The predicted octanol–water partition coefficient (Wildman–Crippen LogP) is 2.21. The molecule has 0 spiro atoms. The first-order chi connectivity index (χ1) is 11.5. The Hall–Kier alpha value is -0.160. The van der Waals surface area contributed by atoms with E-state index in [4.69, 9.17) is 0 Å². The highest BCUT2D eigenvalue weighted by Crippen LogP contribution is 2.22. The molecule has 0 aromatic rings. The maximum atomic E-state index is 2.79. The zero-order chi connectivity index (χ0) is 17.1. The molecule has 0 amide bonds. The Kier molecular flexibility index (Phi) is 6.58. The molecule has 0 aromatic carbocycles. The number of hydrogen-bond acceptors (Lipinski definition) is 4. The minimum absolute atomic E-state index is 0.722. The van der Waals surface area contributed by atoms with Gasteiger partial charge < -0.3 is 14.7 Å². The molecule has 3 aliphatic heterocycles. The Bertz CT molecular complexity index is 368. The number of hydrogen-bond donors (Lipinski definition) is 0. The molecule has 3 heterocycles. The van der Waals surface area contributed by atoms with Gasteiger partial charge in [-0.05, 0) is 72.5 Å². The summed E-state index contributed by atoms with van der Waals surface area (Å²) in [5.41, 5.74) is 0. The van der Waals surface area contributed by atoms with Gasteiger partial charge in [-0.3, -0.25) is 4.90 Å². The van der Waals surface area contributed by atoms with Crippen molar-refractivity contribution in [3.05, 3.63) is 0 Å². The summed E-state index contributed by atoms with van der Waals surface area (Å²) >= 11 is 0. The van der Waals surface area contributed by atoms with E-state index in [1.165, 1.54) is 78.2 Å². The number of nitrogens with zero attached hydrogens (tertiary/aromatic N) is 4. The fraction of sp³-hybridized carbons (Fsp3) is 1.00. The van der Waals surface area contributed by atoms with Crippen molar-refractivity contribution in [1.82, 2.24) is 19.6 Å². The van der Waals surface area contributed by atoms with Crippen LogP contribution in [0.1, 0.15) is 47.0 Å². The van der Waals surface area contributed by atoms with E-state index in [0.29, 0.717) is 0 Å². The van der Waals surface area contributed by atoms with E-state index in [0.717, 1.165) is 24.0 Å². The summed E-state index contributed by atoms with van der Waals surface area (Å²) in [6, 6.07) is 2.30. The lowest BCUT2D eigenvalue weighted by atomic mass is 10.0. The van der Waals surface area contributed by atoms with Crippen molar-refractivity contribution in [2.24, 2.45) is 5.92 Å². The van der Waals surface area contributed by atoms with Crippen LogP contribution in [0.4, 0.5) is 0 Å². The van der Waals surface area contributed by atoms with Gasteiger partial charge >= 0.3 is 0 Å². The lowest BCUT2D eigenvalue weighted by molar-refractivity contribution is 0.0473. The van der Waals surface area contributed by atoms with Crippen LogP contribution in [0.15, 0.2) is 0 Å². The van der Waals surface area contributed by atoms with Gasteiger partial charge in [-0.25, -0.2) is 0 Å². The maximum absolute atomic E-state index is 2.79. The highest BCUT2D eigenvalue weighted by atomic mass is 15.3. The Labute approximate surface area is 150 Å². The Morgan fingerprint density at radius 3 is 1.83 bits per heavy atom. The Balaban J connectivity index is 1.36. The van der Waals surface area contributed by atoms with Gasteiger partial charge in [0.05, 0.1) is 0 Å². The van der Waals surface area contributed by atoms with Gasteiger partial charge in [0.2, 0.25) is 0 Å². The molecule has 0 bridgehead atoms. The SMILES string of the molecule is CC(C)N1CCC(N2CCN(C[C@H]3CCN(C(C)C)C3)CC2)CC1. The summed E-state index contributed by atoms with van der Waals surface area (Å²) in [7, 11) is 0. The van der Waals surface area contributed by atoms with E-state index in [-0.39, 0.29) is 0 Å². The molecule has 0 N–H and O–H groups in total. The molecular weight excluding hydrogens is 296 g/mol. The van der Waals surface area contributed by atoms with Crippen LogP contribution in [0.5, 0.6) is 0 Å². The first kappa shape index (κ1) is 18.6. The number of likely N-dealkylation sites (tertiary alicyclic amines) is 2. The molecule has 3 rings (SSSR count). The van der Waals surface area contributed by atoms with Crippen LogP contribution in [0, 0.1) is 5.92 Å². The van der Waals surface area contributed by atoms with Gasteiger partial charge in [-0.15, -0.1) is 0 Å². The van der Waals surface area contributed by atoms with E-state index in [2.05, 4.69) is 47.3 Å². The van der Waals surface area contributed by atoms with Crippen LogP contribution in [-0.4, -0.2) is 96.6 Å². The summed E-state index contributed by atoms with van der Waals surface area (Å²) < 4.78 is 0. The molecule has 0 aromatic heterocycles. The first-order valence-corrected chi connectivity index (χ1v) is 10.5. The molecule has 3 fully saturated rings. The van der Waals surface area contributed by atoms with Gasteiger partial charge in [0.1, 0.15) is 0 Å². The molecule has 0 unspecified atom stereocenters. The third kappa shape index (κ3) is 4.72. The van der Waals surface area contributed by atoms with Crippen LogP contribution >= 0.6 is 0 Å². The van der Waals surface area contributed by atoms with Crippen LogP contribution in [0.3, 0.4) is 0 Å². The van der Waals surface area contributed by atoms with Crippen molar-refractivity contribution in [1.29, 1.82) is 0 Å². The number of rotatable bonds is 5. The maximum Gasteiger partial charge on any atom is 0.0121 e. The van der Waals surface area contributed by atoms with Crippen molar-refractivity contribution < 1.29 is 0 Å². The van der Waals surface area contributed by atoms with Gasteiger partial charge in [-0.1, -0.05) is 0 Å². The molecule has 3 aliphatic rings. The molecule has 24 heavy (non-hydrogen) atoms. The monoisotopic (exact) mass is 336 g/mol. The zero-order valence-corrected chi connectivity index (χ0v) is 16.6. The van der Waals surface area contributed by atoms with Gasteiger partial charge in [-0.2, -0.15) is 0 Å². The predicted molar refractivity (Wildman–Crippen MR) is 103 cm³/mol. The lowest BCUT2D eigenvalue weighted by Crippen LogP contribution is -2.54. The quantitative estimate of drug-likeness (QED) is 0.763. The van der Waals surface area contributed by atoms with Crippen molar-refractivity contribution >= 4 is 0 Å². The molecular formula is C20H40N4. The van der Waals surface area contributed by atoms with Gasteiger partial charge in [0, 0.05) is 57.4 Å². The third-order valence-electron chi connectivity index (χ3n) is 6.72. The van der Waals surface area contributed by atoms with Crippen molar-refractivity contribution in [2.75, 3.05) is 58.9 Å². The van der Waals surface area contributed by atoms with Crippen molar-refractivity contribution in [3.8, 4) is 0 Å². The van der Waals surface area contributed by atoms with Gasteiger partial charge in [0.25, 0.3) is 0 Å². The topological polar surface area (TPSA) is 13.0 Å². The second-order valence-corrected chi connectivity index (χ2v) is 8.94. The normalized spacial score (nSPS) is 30.0. The third-order valence-corrected chi connectivity index (χ3v) is 6.72. The smallest absolute Gasteiger partial charge is 0.0121 e. The van der Waals surface area contributed by atoms with Crippen molar-refractivity contribution in [3.63, 3.8) is 0 Å². The van der Waals surface area contributed by atoms with Gasteiger partial charge in [0.15, 0.2) is 0 Å². The number of piperazine rings is 1. The van der Waals surface area contributed by atoms with E-state index in [9.17, 15) is 0 Å². The fourth-order valence-electron chi connectivity index (χ4n) is 4.92. The molecule has 3 saturated heterocycles. The van der Waals surface area contributed by atoms with Crippen LogP contribution < -0.4 is 0 Å². The fourth-order valence-corrected chi connectivity index (χ4v) is 4.92. The average Bonchev–Trinajstić information content (AvgIpc) is 3.04. The first-order valence-electron chi connectivity index (χ1n) is 10.5. The second-order valence-electron chi connectivity index (χ2n) is 8.94. The summed E-state index contributed by atoms with van der Waals surface area (Å²) in [4.78, 5) is 10.8. The van der Waals surface area contributed by atoms with Crippen LogP contribution in [0.2, 0.25) is 0 Å². The molecule has 0 saturated carbocycles. The minimum atomic E-state index is 0.722. The minimum Gasteiger partial charge on any atom is -0.301 e. The Morgan fingerprint density at radius 1 is 0.708 bits per heavy atom. The summed E-state index contributed by atoms with van der Waals surface area (Å²) in [5, 5.41) is 0. The summed E-state index contributed by atoms with van der Waals surface area (Å²) in [6.07, 6.45) is 4.17. The largest absolute Gasteiger partial charge is 0.301 e. The highest BCUT2D eigenvalue weighted by molar-refractivity contribution is 4.86. The molecule has 1 atom stereocenters. The highest BCUT2D eigenvalue weighted by Gasteiger charge is 2.30. The summed E-state index contributed by atoms with van der Waals surface area (Å²) in [6.45, 7) is 21.1. The van der Waals surface area contributed by atoms with E-state index >= 15 is 0 Å². The van der Waals surface area contributed by atoms with E-state index in [1.54, 1.807) is 0 Å². The molecule has 140 valence electrons. The van der Waals surface area contributed by atoms with Crippen LogP contribution in [-0.2, 0) is 0 Å². The second kappa shape index (κ2) is 8.48. The van der Waals surface area contributed by atoms with E-state index < -0.39 is 0 Å². The van der Waals surface area contributed by atoms with Crippen LogP contribution in [0.25, 0.3) is 0 Å². The van der Waals surface area contributed by atoms with E-state index in [1.807, 2.05) is 0 Å². The number of piperidine rings is 1. The van der Waals surface area contributed by atoms with Crippen molar-refractivity contribution in [2.45, 2.75) is 65.1 Å².